The van der Waals surface area contributed by atoms with Gasteiger partial charge < -0.3 is 5.32 Å². The number of piperazine rings is 1. The molecule has 3 unspecified atom stereocenters. The van der Waals surface area contributed by atoms with Gasteiger partial charge in [-0.3, -0.25) is 4.90 Å². The molecular weight excluding hydrogens is 256 g/mol. The maximum absolute atomic E-state index is 3.79. The minimum atomic E-state index is 0.315. The SMILES string of the molecule is CCC(C)CN1CC(C(C)(C)C)NCC1c1ccccc1. The molecule has 0 aromatic heterocycles. The van der Waals surface area contributed by atoms with E-state index in [2.05, 4.69) is 75.2 Å². The molecule has 1 aliphatic rings. The summed E-state index contributed by atoms with van der Waals surface area (Å²) < 4.78 is 0. The number of nitrogens with zero attached hydrogens (tertiary/aromatic N) is 1. The van der Waals surface area contributed by atoms with Crippen molar-refractivity contribution in [3.05, 3.63) is 35.9 Å². The largest absolute Gasteiger partial charge is 0.310 e. The molecule has 1 heterocycles. The molecule has 1 fully saturated rings. The Morgan fingerprint density at radius 3 is 2.48 bits per heavy atom. The lowest BCUT2D eigenvalue weighted by molar-refractivity contribution is 0.0730. The van der Waals surface area contributed by atoms with Crippen molar-refractivity contribution in [2.75, 3.05) is 19.6 Å². The van der Waals surface area contributed by atoms with E-state index in [1.54, 1.807) is 0 Å². The van der Waals surface area contributed by atoms with Crippen LogP contribution in [0.3, 0.4) is 0 Å². The second-order valence-electron chi connectivity index (χ2n) is 7.72. The van der Waals surface area contributed by atoms with Crippen molar-refractivity contribution >= 4 is 0 Å². The van der Waals surface area contributed by atoms with E-state index in [0.29, 0.717) is 17.5 Å². The summed E-state index contributed by atoms with van der Waals surface area (Å²) in [7, 11) is 0. The summed E-state index contributed by atoms with van der Waals surface area (Å²) >= 11 is 0. The molecule has 1 aliphatic heterocycles. The van der Waals surface area contributed by atoms with Gasteiger partial charge in [-0.2, -0.15) is 0 Å². The van der Waals surface area contributed by atoms with Gasteiger partial charge in [-0.1, -0.05) is 71.4 Å². The summed E-state index contributed by atoms with van der Waals surface area (Å²) in [5.41, 5.74) is 1.76. The second-order valence-corrected chi connectivity index (χ2v) is 7.72. The van der Waals surface area contributed by atoms with E-state index < -0.39 is 0 Å². The average molecular weight is 288 g/mol. The standard InChI is InChI=1S/C19H32N2/c1-6-15(2)13-21-14-18(19(3,4)5)20-12-17(21)16-10-8-7-9-11-16/h7-11,15,17-18,20H,6,12-14H2,1-5H3. The van der Waals surface area contributed by atoms with Crippen molar-refractivity contribution in [2.45, 2.75) is 53.1 Å². The second kappa shape index (κ2) is 6.93. The monoisotopic (exact) mass is 288 g/mol. The van der Waals surface area contributed by atoms with Crippen LogP contribution >= 0.6 is 0 Å². The summed E-state index contributed by atoms with van der Waals surface area (Å²) in [4.78, 5) is 2.70. The first kappa shape index (κ1) is 16.5. The molecule has 0 spiro atoms. The van der Waals surface area contributed by atoms with Gasteiger partial charge in [0, 0.05) is 31.7 Å². The number of hydrogen-bond donors (Lipinski definition) is 1. The molecule has 0 bridgehead atoms. The zero-order chi connectivity index (χ0) is 15.5. The van der Waals surface area contributed by atoms with Gasteiger partial charge in [0.05, 0.1) is 0 Å². The van der Waals surface area contributed by atoms with E-state index in [1.807, 2.05) is 0 Å². The Kier molecular flexibility index (Phi) is 5.45. The van der Waals surface area contributed by atoms with Crippen LogP contribution in [0.5, 0.6) is 0 Å². The van der Waals surface area contributed by atoms with Crippen molar-refractivity contribution in [2.24, 2.45) is 11.3 Å². The van der Waals surface area contributed by atoms with Crippen LogP contribution in [0.2, 0.25) is 0 Å². The van der Waals surface area contributed by atoms with Crippen molar-refractivity contribution < 1.29 is 0 Å². The van der Waals surface area contributed by atoms with Crippen LogP contribution in [-0.2, 0) is 0 Å². The van der Waals surface area contributed by atoms with Crippen LogP contribution in [0, 0.1) is 11.3 Å². The summed E-state index contributed by atoms with van der Waals surface area (Å²) in [6.45, 7) is 15.1. The third kappa shape index (κ3) is 4.31. The third-order valence-electron chi connectivity index (χ3n) is 4.89. The molecule has 0 aliphatic carbocycles. The quantitative estimate of drug-likeness (QED) is 0.897. The average Bonchev–Trinajstić information content (AvgIpc) is 2.47. The van der Waals surface area contributed by atoms with Gasteiger partial charge in [0.15, 0.2) is 0 Å². The van der Waals surface area contributed by atoms with Gasteiger partial charge in [-0.15, -0.1) is 0 Å². The third-order valence-corrected chi connectivity index (χ3v) is 4.89. The molecule has 2 nitrogen and oxygen atoms in total. The molecule has 1 saturated heterocycles. The molecule has 0 amide bonds. The zero-order valence-corrected chi connectivity index (χ0v) is 14.4. The maximum Gasteiger partial charge on any atom is 0.0473 e. The van der Waals surface area contributed by atoms with Crippen LogP contribution in [0.25, 0.3) is 0 Å². The Morgan fingerprint density at radius 2 is 1.90 bits per heavy atom. The fourth-order valence-electron chi connectivity index (χ4n) is 3.12. The lowest BCUT2D eigenvalue weighted by Crippen LogP contribution is -2.57. The minimum Gasteiger partial charge on any atom is -0.310 e. The maximum atomic E-state index is 3.79. The first-order valence-corrected chi connectivity index (χ1v) is 8.44. The Bertz CT molecular complexity index is 421. The van der Waals surface area contributed by atoms with Gasteiger partial charge in [0.1, 0.15) is 0 Å². The topological polar surface area (TPSA) is 15.3 Å². The van der Waals surface area contributed by atoms with E-state index >= 15 is 0 Å². The van der Waals surface area contributed by atoms with Gasteiger partial charge in [0.2, 0.25) is 0 Å². The molecular formula is C19H32N2. The molecule has 1 aromatic rings. The highest BCUT2D eigenvalue weighted by Crippen LogP contribution is 2.30. The highest BCUT2D eigenvalue weighted by Gasteiger charge is 2.34. The van der Waals surface area contributed by atoms with Gasteiger partial charge in [0.25, 0.3) is 0 Å². The molecule has 3 atom stereocenters. The van der Waals surface area contributed by atoms with E-state index in [1.165, 1.54) is 18.5 Å². The fraction of sp³-hybridized carbons (Fsp3) is 0.684. The normalized spacial score (nSPS) is 25.8. The number of nitrogens with one attached hydrogen (secondary N) is 1. The molecule has 1 N–H and O–H groups in total. The highest BCUT2D eigenvalue weighted by atomic mass is 15.2. The van der Waals surface area contributed by atoms with Crippen LogP contribution in [0.4, 0.5) is 0 Å². The smallest absolute Gasteiger partial charge is 0.0473 e. The summed E-state index contributed by atoms with van der Waals surface area (Å²) in [6, 6.07) is 12.1. The Morgan fingerprint density at radius 1 is 1.24 bits per heavy atom. The predicted molar refractivity (Wildman–Crippen MR) is 91.5 cm³/mol. The van der Waals surface area contributed by atoms with Crippen LogP contribution < -0.4 is 5.32 Å². The number of benzene rings is 1. The summed E-state index contributed by atoms with van der Waals surface area (Å²) in [5.74, 6) is 0.759. The van der Waals surface area contributed by atoms with Gasteiger partial charge in [-0.05, 0) is 16.9 Å². The summed E-state index contributed by atoms with van der Waals surface area (Å²) in [6.07, 6.45) is 1.26. The first-order valence-electron chi connectivity index (χ1n) is 8.44. The molecule has 2 heteroatoms. The summed E-state index contributed by atoms with van der Waals surface area (Å²) in [5, 5.41) is 3.79. The van der Waals surface area contributed by atoms with Crippen molar-refractivity contribution in [1.29, 1.82) is 0 Å². The fourth-order valence-corrected chi connectivity index (χ4v) is 3.12. The van der Waals surface area contributed by atoms with E-state index in [4.69, 9.17) is 0 Å². The van der Waals surface area contributed by atoms with E-state index in [-0.39, 0.29) is 0 Å². The Balaban J connectivity index is 2.16. The lowest BCUT2D eigenvalue weighted by Gasteiger charge is -2.46. The molecule has 21 heavy (non-hydrogen) atoms. The van der Waals surface area contributed by atoms with E-state index in [9.17, 15) is 0 Å². The highest BCUT2D eigenvalue weighted by molar-refractivity contribution is 5.20. The first-order chi connectivity index (χ1) is 9.91. The minimum absolute atomic E-state index is 0.315. The number of hydrogen-bond acceptors (Lipinski definition) is 2. The van der Waals surface area contributed by atoms with Crippen molar-refractivity contribution in [3.63, 3.8) is 0 Å². The van der Waals surface area contributed by atoms with E-state index in [0.717, 1.165) is 19.0 Å². The zero-order valence-electron chi connectivity index (χ0n) is 14.4. The molecule has 1 aromatic carbocycles. The van der Waals surface area contributed by atoms with Gasteiger partial charge >= 0.3 is 0 Å². The molecule has 0 saturated carbocycles. The Labute approximate surface area is 130 Å². The molecule has 118 valence electrons. The van der Waals surface area contributed by atoms with Crippen molar-refractivity contribution in [3.8, 4) is 0 Å². The van der Waals surface area contributed by atoms with Crippen molar-refractivity contribution in [1.82, 2.24) is 10.2 Å². The Hall–Kier alpha value is -0.860. The van der Waals surface area contributed by atoms with Crippen LogP contribution in [0.15, 0.2) is 30.3 Å². The molecule has 0 radical (unpaired) electrons. The van der Waals surface area contributed by atoms with Gasteiger partial charge in [-0.25, -0.2) is 0 Å². The predicted octanol–water partition coefficient (Wildman–Crippen LogP) is 4.09. The lowest BCUT2D eigenvalue weighted by atomic mass is 9.83. The van der Waals surface area contributed by atoms with Crippen LogP contribution in [0.1, 0.15) is 52.6 Å². The van der Waals surface area contributed by atoms with Crippen LogP contribution in [-0.4, -0.2) is 30.6 Å². The number of rotatable bonds is 4. The molecule has 2 rings (SSSR count).